The lowest BCUT2D eigenvalue weighted by atomic mass is 9.72. The fraction of sp³-hybridized carbons (Fsp3) is 0.846. The zero-order chi connectivity index (χ0) is 12.4. The van der Waals surface area contributed by atoms with Gasteiger partial charge in [0.25, 0.3) is 0 Å². The van der Waals surface area contributed by atoms with Gasteiger partial charge in [-0.3, -0.25) is 9.59 Å². The van der Waals surface area contributed by atoms with Crippen LogP contribution in [0.15, 0.2) is 0 Å². The van der Waals surface area contributed by atoms with Gasteiger partial charge in [0.15, 0.2) is 0 Å². The number of nitrogens with one attached hydrogen (secondary N) is 1. The standard InChI is InChI=1S/C13H21NO3/c1-8-4-2-3-5-11(8)14-12(15)9-6-7-10(9)13(16)17/h8-11H,2-7H2,1H3,(H,14,15)(H,16,17). The third-order valence-electron chi connectivity index (χ3n) is 4.37. The Morgan fingerprint density at radius 2 is 1.71 bits per heavy atom. The predicted molar refractivity (Wildman–Crippen MR) is 63.4 cm³/mol. The largest absolute Gasteiger partial charge is 0.481 e. The third-order valence-corrected chi connectivity index (χ3v) is 4.37. The molecule has 2 rings (SSSR count). The van der Waals surface area contributed by atoms with Gasteiger partial charge in [0.05, 0.1) is 11.8 Å². The zero-order valence-corrected chi connectivity index (χ0v) is 10.3. The SMILES string of the molecule is CC1CCCCC1NC(=O)C1CCC1C(=O)O. The van der Waals surface area contributed by atoms with Crippen LogP contribution in [0.1, 0.15) is 45.4 Å². The van der Waals surface area contributed by atoms with Crippen molar-refractivity contribution in [3.05, 3.63) is 0 Å². The Hall–Kier alpha value is -1.06. The van der Waals surface area contributed by atoms with Crippen LogP contribution < -0.4 is 5.32 Å². The van der Waals surface area contributed by atoms with Crippen molar-refractivity contribution >= 4 is 11.9 Å². The number of carboxylic acids is 1. The summed E-state index contributed by atoms with van der Waals surface area (Å²) in [6, 6.07) is 0.256. The Kier molecular flexibility index (Phi) is 3.69. The highest BCUT2D eigenvalue weighted by Gasteiger charge is 2.42. The number of hydrogen-bond donors (Lipinski definition) is 2. The van der Waals surface area contributed by atoms with E-state index in [9.17, 15) is 9.59 Å². The monoisotopic (exact) mass is 239 g/mol. The summed E-state index contributed by atoms with van der Waals surface area (Å²) >= 11 is 0. The van der Waals surface area contributed by atoms with Crippen LogP contribution in [-0.2, 0) is 9.59 Å². The zero-order valence-electron chi connectivity index (χ0n) is 10.3. The van der Waals surface area contributed by atoms with Crippen LogP contribution in [-0.4, -0.2) is 23.0 Å². The number of aliphatic carboxylic acids is 1. The molecule has 0 aromatic carbocycles. The Bertz CT molecular complexity index is 316. The van der Waals surface area contributed by atoms with Crippen LogP contribution in [0.2, 0.25) is 0 Å². The highest BCUT2D eigenvalue weighted by molar-refractivity contribution is 5.86. The van der Waals surface area contributed by atoms with Crippen molar-refractivity contribution in [2.24, 2.45) is 17.8 Å². The van der Waals surface area contributed by atoms with Gasteiger partial charge in [-0.1, -0.05) is 19.8 Å². The molecule has 2 aliphatic rings. The van der Waals surface area contributed by atoms with E-state index < -0.39 is 11.9 Å². The number of rotatable bonds is 3. The fourth-order valence-corrected chi connectivity index (χ4v) is 2.93. The molecule has 2 aliphatic carbocycles. The smallest absolute Gasteiger partial charge is 0.307 e. The summed E-state index contributed by atoms with van der Waals surface area (Å²) in [6.07, 6.45) is 5.99. The predicted octanol–water partition coefficient (Wildman–Crippen LogP) is 1.79. The second-order valence-electron chi connectivity index (χ2n) is 5.51. The second-order valence-corrected chi connectivity index (χ2v) is 5.51. The van der Waals surface area contributed by atoms with Crippen molar-refractivity contribution in [2.75, 3.05) is 0 Å². The minimum Gasteiger partial charge on any atom is -0.481 e. The Morgan fingerprint density at radius 3 is 2.24 bits per heavy atom. The summed E-state index contributed by atoms with van der Waals surface area (Å²) in [4.78, 5) is 22.9. The topological polar surface area (TPSA) is 66.4 Å². The van der Waals surface area contributed by atoms with Crippen molar-refractivity contribution in [1.29, 1.82) is 0 Å². The van der Waals surface area contributed by atoms with Crippen LogP contribution >= 0.6 is 0 Å². The number of carbonyl (C=O) groups is 2. The lowest BCUT2D eigenvalue weighted by Gasteiger charge is -2.36. The lowest BCUT2D eigenvalue weighted by Crippen LogP contribution is -2.49. The van der Waals surface area contributed by atoms with E-state index in [2.05, 4.69) is 12.2 Å². The summed E-state index contributed by atoms with van der Waals surface area (Å²) in [5.74, 6) is -1.08. The first-order chi connectivity index (χ1) is 8.09. The molecule has 4 nitrogen and oxygen atoms in total. The molecular formula is C13H21NO3. The first-order valence-electron chi connectivity index (χ1n) is 6.62. The van der Waals surface area contributed by atoms with E-state index >= 15 is 0 Å². The average Bonchev–Trinajstić information content (AvgIpc) is 2.18. The van der Waals surface area contributed by atoms with Gasteiger partial charge >= 0.3 is 5.97 Å². The van der Waals surface area contributed by atoms with E-state index in [4.69, 9.17) is 5.11 Å². The molecule has 2 saturated carbocycles. The van der Waals surface area contributed by atoms with E-state index in [1.807, 2.05) is 0 Å². The molecule has 96 valence electrons. The molecule has 0 heterocycles. The molecule has 4 unspecified atom stereocenters. The lowest BCUT2D eigenvalue weighted by molar-refractivity contribution is -0.153. The van der Waals surface area contributed by atoms with Gasteiger partial charge in [0, 0.05) is 6.04 Å². The fourth-order valence-electron chi connectivity index (χ4n) is 2.93. The molecule has 0 aromatic rings. The van der Waals surface area contributed by atoms with Gasteiger partial charge in [0.2, 0.25) is 5.91 Å². The van der Waals surface area contributed by atoms with Crippen molar-refractivity contribution in [2.45, 2.75) is 51.5 Å². The molecule has 4 heteroatoms. The number of carbonyl (C=O) groups excluding carboxylic acids is 1. The van der Waals surface area contributed by atoms with Crippen molar-refractivity contribution < 1.29 is 14.7 Å². The van der Waals surface area contributed by atoms with Gasteiger partial charge < -0.3 is 10.4 Å². The van der Waals surface area contributed by atoms with Gasteiger partial charge in [0.1, 0.15) is 0 Å². The van der Waals surface area contributed by atoms with Crippen molar-refractivity contribution in [3.63, 3.8) is 0 Å². The normalized spacial score (nSPS) is 37.0. The van der Waals surface area contributed by atoms with Gasteiger partial charge in [-0.25, -0.2) is 0 Å². The van der Waals surface area contributed by atoms with Gasteiger partial charge in [-0.2, -0.15) is 0 Å². The molecule has 0 bridgehead atoms. The van der Waals surface area contributed by atoms with E-state index in [0.29, 0.717) is 12.3 Å². The molecule has 0 spiro atoms. The van der Waals surface area contributed by atoms with Crippen LogP contribution in [0.4, 0.5) is 0 Å². The molecule has 2 N–H and O–H groups in total. The quantitative estimate of drug-likeness (QED) is 0.789. The maximum atomic E-state index is 12.0. The Labute approximate surface area is 102 Å². The van der Waals surface area contributed by atoms with E-state index in [-0.39, 0.29) is 17.9 Å². The summed E-state index contributed by atoms with van der Waals surface area (Å²) in [6.45, 7) is 2.17. The number of carboxylic acid groups (broad SMARTS) is 1. The summed E-state index contributed by atoms with van der Waals surface area (Å²) in [5, 5.41) is 12.0. The summed E-state index contributed by atoms with van der Waals surface area (Å²) in [7, 11) is 0. The van der Waals surface area contributed by atoms with Crippen molar-refractivity contribution in [3.8, 4) is 0 Å². The van der Waals surface area contributed by atoms with Crippen LogP contribution in [0.3, 0.4) is 0 Å². The molecule has 0 aliphatic heterocycles. The molecule has 1 amide bonds. The minimum absolute atomic E-state index is 0.0394. The maximum absolute atomic E-state index is 12.0. The van der Waals surface area contributed by atoms with Gasteiger partial charge in [-0.15, -0.1) is 0 Å². The molecule has 17 heavy (non-hydrogen) atoms. The summed E-state index contributed by atoms with van der Waals surface area (Å²) in [5.41, 5.74) is 0. The number of hydrogen-bond acceptors (Lipinski definition) is 2. The highest BCUT2D eigenvalue weighted by Crippen LogP contribution is 2.35. The van der Waals surface area contributed by atoms with Crippen LogP contribution in [0.25, 0.3) is 0 Å². The number of amides is 1. The minimum atomic E-state index is -0.826. The summed E-state index contributed by atoms with van der Waals surface area (Å²) < 4.78 is 0. The Balaban J connectivity index is 1.86. The van der Waals surface area contributed by atoms with E-state index in [1.54, 1.807) is 0 Å². The van der Waals surface area contributed by atoms with E-state index in [0.717, 1.165) is 19.3 Å². The third kappa shape index (κ3) is 2.61. The van der Waals surface area contributed by atoms with E-state index in [1.165, 1.54) is 12.8 Å². The molecule has 2 fully saturated rings. The first kappa shape index (κ1) is 12.4. The van der Waals surface area contributed by atoms with Crippen LogP contribution in [0.5, 0.6) is 0 Å². The van der Waals surface area contributed by atoms with Crippen molar-refractivity contribution in [1.82, 2.24) is 5.32 Å². The molecule has 4 atom stereocenters. The Morgan fingerprint density at radius 1 is 1.06 bits per heavy atom. The van der Waals surface area contributed by atoms with Crippen LogP contribution in [0, 0.1) is 17.8 Å². The molecule has 0 radical (unpaired) electrons. The first-order valence-corrected chi connectivity index (χ1v) is 6.62. The van der Waals surface area contributed by atoms with Gasteiger partial charge in [-0.05, 0) is 31.6 Å². The second kappa shape index (κ2) is 5.07. The highest BCUT2D eigenvalue weighted by atomic mass is 16.4. The average molecular weight is 239 g/mol. The maximum Gasteiger partial charge on any atom is 0.307 e. The molecular weight excluding hydrogens is 218 g/mol. The molecule has 0 saturated heterocycles. The molecule has 0 aromatic heterocycles.